The molecule has 0 aliphatic carbocycles. The minimum absolute atomic E-state index is 0.421. The lowest BCUT2D eigenvalue weighted by molar-refractivity contribution is 0.108. The summed E-state index contributed by atoms with van der Waals surface area (Å²) in [5, 5.41) is 3.61. The third kappa shape index (κ3) is 4.79. The van der Waals surface area contributed by atoms with Gasteiger partial charge in [0.25, 0.3) is 0 Å². The first kappa shape index (κ1) is 15.2. The van der Waals surface area contributed by atoms with Crippen molar-refractivity contribution in [1.82, 2.24) is 5.32 Å². The number of rotatable bonds is 7. The van der Waals surface area contributed by atoms with Crippen molar-refractivity contribution < 1.29 is 4.74 Å². The number of aryl methyl sites for hydroxylation is 2. The second kappa shape index (κ2) is 7.55. The van der Waals surface area contributed by atoms with Crippen LogP contribution in [-0.4, -0.2) is 19.3 Å². The van der Waals surface area contributed by atoms with Crippen LogP contribution in [0.5, 0.6) is 0 Å². The van der Waals surface area contributed by atoms with Crippen molar-refractivity contribution in [2.24, 2.45) is 5.92 Å². The topological polar surface area (TPSA) is 21.3 Å². The van der Waals surface area contributed by atoms with Gasteiger partial charge in [-0.3, -0.25) is 0 Å². The highest BCUT2D eigenvalue weighted by Crippen LogP contribution is 2.11. The molecule has 0 radical (unpaired) electrons. The highest BCUT2D eigenvalue weighted by molar-refractivity contribution is 5.30. The molecule has 0 aliphatic heterocycles. The van der Waals surface area contributed by atoms with Gasteiger partial charge in [0.05, 0.1) is 6.61 Å². The zero-order chi connectivity index (χ0) is 13.5. The number of ether oxygens (including phenoxy) is 1. The van der Waals surface area contributed by atoms with Crippen LogP contribution in [0.25, 0.3) is 0 Å². The molecule has 0 fully saturated rings. The average Bonchev–Trinajstić information content (AvgIpc) is 2.33. The van der Waals surface area contributed by atoms with Gasteiger partial charge in [-0.05, 0) is 37.8 Å². The van der Waals surface area contributed by atoms with Crippen LogP contribution in [0.15, 0.2) is 18.2 Å². The van der Waals surface area contributed by atoms with E-state index < -0.39 is 0 Å². The lowest BCUT2D eigenvalue weighted by Crippen LogP contribution is -2.37. The first-order chi connectivity index (χ1) is 8.54. The quantitative estimate of drug-likeness (QED) is 0.799. The van der Waals surface area contributed by atoms with Crippen LogP contribution in [0.3, 0.4) is 0 Å². The zero-order valence-electron chi connectivity index (χ0n) is 12.4. The Hall–Kier alpha value is -0.860. The second-order valence-electron chi connectivity index (χ2n) is 5.32. The van der Waals surface area contributed by atoms with Crippen molar-refractivity contribution in [3.8, 4) is 0 Å². The molecule has 0 bridgehead atoms. The van der Waals surface area contributed by atoms with Crippen LogP contribution in [0, 0.1) is 19.8 Å². The average molecular weight is 249 g/mol. The normalized spacial score (nSPS) is 13.0. The smallest absolute Gasteiger partial charge is 0.0622 e. The summed E-state index contributed by atoms with van der Waals surface area (Å²) in [6.45, 7) is 13.3. The van der Waals surface area contributed by atoms with Crippen molar-refractivity contribution >= 4 is 0 Å². The van der Waals surface area contributed by atoms with Crippen molar-refractivity contribution in [1.29, 1.82) is 0 Å². The molecule has 1 aromatic rings. The van der Waals surface area contributed by atoms with Crippen LogP contribution >= 0.6 is 0 Å². The first-order valence-electron chi connectivity index (χ1n) is 6.91. The Balaban J connectivity index is 2.58. The highest BCUT2D eigenvalue weighted by atomic mass is 16.5. The molecular formula is C16H27NO. The van der Waals surface area contributed by atoms with E-state index in [1.165, 1.54) is 16.7 Å². The molecule has 18 heavy (non-hydrogen) atoms. The lowest BCUT2D eigenvalue weighted by atomic mass is 10.0. The largest absolute Gasteiger partial charge is 0.380 e. The van der Waals surface area contributed by atoms with E-state index in [1.54, 1.807) is 0 Å². The van der Waals surface area contributed by atoms with Crippen molar-refractivity contribution in [3.63, 3.8) is 0 Å². The third-order valence-electron chi connectivity index (χ3n) is 3.37. The summed E-state index contributed by atoms with van der Waals surface area (Å²) in [5.41, 5.74) is 4.06. The van der Waals surface area contributed by atoms with Crippen molar-refractivity contribution in [3.05, 3.63) is 34.9 Å². The highest BCUT2D eigenvalue weighted by Gasteiger charge is 2.13. The summed E-state index contributed by atoms with van der Waals surface area (Å²) in [4.78, 5) is 0. The molecule has 1 aromatic carbocycles. The third-order valence-corrected chi connectivity index (χ3v) is 3.37. The van der Waals surface area contributed by atoms with Gasteiger partial charge in [0.15, 0.2) is 0 Å². The Labute approximate surface area is 112 Å². The van der Waals surface area contributed by atoms with E-state index in [-0.39, 0.29) is 0 Å². The molecule has 0 aromatic heterocycles. The molecule has 0 heterocycles. The van der Waals surface area contributed by atoms with Crippen LogP contribution < -0.4 is 5.32 Å². The van der Waals surface area contributed by atoms with Crippen molar-refractivity contribution in [2.45, 2.75) is 47.2 Å². The Bertz CT molecular complexity index is 360. The monoisotopic (exact) mass is 249 g/mol. The van der Waals surface area contributed by atoms with Crippen molar-refractivity contribution in [2.75, 3.05) is 13.2 Å². The molecule has 2 nitrogen and oxygen atoms in total. The molecule has 1 rings (SSSR count). The Kier molecular flexibility index (Phi) is 6.37. The molecular weight excluding hydrogens is 222 g/mol. The molecule has 0 saturated heterocycles. The van der Waals surface area contributed by atoms with E-state index in [2.05, 4.69) is 51.2 Å². The van der Waals surface area contributed by atoms with Gasteiger partial charge in [0.2, 0.25) is 0 Å². The van der Waals surface area contributed by atoms with E-state index in [9.17, 15) is 0 Å². The van der Waals surface area contributed by atoms with Gasteiger partial charge >= 0.3 is 0 Å². The van der Waals surface area contributed by atoms with E-state index in [0.29, 0.717) is 12.0 Å². The van der Waals surface area contributed by atoms with Crippen LogP contribution in [-0.2, 0) is 11.3 Å². The molecule has 0 aliphatic rings. The lowest BCUT2D eigenvalue weighted by Gasteiger charge is -2.22. The maximum absolute atomic E-state index is 5.54. The van der Waals surface area contributed by atoms with Crippen LogP contribution in [0.2, 0.25) is 0 Å². The van der Waals surface area contributed by atoms with E-state index in [0.717, 1.165) is 19.8 Å². The van der Waals surface area contributed by atoms with E-state index in [1.807, 2.05) is 6.92 Å². The molecule has 2 heteroatoms. The summed E-state index contributed by atoms with van der Waals surface area (Å²) >= 11 is 0. The fourth-order valence-corrected chi connectivity index (χ4v) is 1.96. The second-order valence-corrected chi connectivity index (χ2v) is 5.32. The van der Waals surface area contributed by atoms with Crippen LogP contribution in [0.4, 0.5) is 0 Å². The van der Waals surface area contributed by atoms with Gasteiger partial charge in [-0.15, -0.1) is 0 Å². The zero-order valence-corrected chi connectivity index (χ0v) is 12.4. The predicted molar refractivity (Wildman–Crippen MR) is 77.9 cm³/mol. The Morgan fingerprint density at radius 2 is 1.94 bits per heavy atom. The van der Waals surface area contributed by atoms with Gasteiger partial charge in [-0.25, -0.2) is 0 Å². The van der Waals surface area contributed by atoms with Gasteiger partial charge in [0, 0.05) is 19.2 Å². The summed E-state index contributed by atoms with van der Waals surface area (Å²) in [5.74, 6) is 0.585. The van der Waals surface area contributed by atoms with Crippen LogP contribution in [0.1, 0.15) is 37.5 Å². The summed E-state index contributed by atoms with van der Waals surface area (Å²) in [7, 11) is 0. The number of hydrogen-bond acceptors (Lipinski definition) is 2. The molecule has 1 atom stereocenters. The SMILES string of the molecule is CCOCC(NCc1cc(C)ccc1C)C(C)C. The maximum Gasteiger partial charge on any atom is 0.0622 e. The summed E-state index contributed by atoms with van der Waals surface area (Å²) in [6.07, 6.45) is 0. The fourth-order valence-electron chi connectivity index (χ4n) is 1.96. The number of nitrogens with one attached hydrogen (secondary N) is 1. The fraction of sp³-hybridized carbons (Fsp3) is 0.625. The van der Waals surface area contributed by atoms with Gasteiger partial charge in [-0.2, -0.15) is 0 Å². The standard InChI is InChI=1S/C16H27NO/c1-6-18-11-16(12(2)3)17-10-15-9-13(4)7-8-14(15)5/h7-9,12,16-17H,6,10-11H2,1-5H3. The van der Waals surface area contributed by atoms with E-state index in [4.69, 9.17) is 4.74 Å². The number of benzene rings is 1. The van der Waals surface area contributed by atoms with Gasteiger partial charge in [-0.1, -0.05) is 37.6 Å². The Morgan fingerprint density at radius 3 is 2.56 bits per heavy atom. The van der Waals surface area contributed by atoms with Gasteiger partial charge < -0.3 is 10.1 Å². The van der Waals surface area contributed by atoms with E-state index >= 15 is 0 Å². The number of hydrogen-bond donors (Lipinski definition) is 1. The summed E-state index contributed by atoms with van der Waals surface area (Å²) < 4.78 is 5.54. The molecule has 0 saturated carbocycles. The predicted octanol–water partition coefficient (Wildman–Crippen LogP) is 3.45. The molecule has 0 spiro atoms. The molecule has 102 valence electrons. The maximum atomic E-state index is 5.54. The van der Waals surface area contributed by atoms with Gasteiger partial charge in [0.1, 0.15) is 0 Å². The molecule has 0 amide bonds. The first-order valence-corrected chi connectivity index (χ1v) is 6.91. The Morgan fingerprint density at radius 1 is 1.22 bits per heavy atom. The molecule has 1 N–H and O–H groups in total. The minimum atomic E-state index is 0.421. The summed E-state index contributed by atoms with van der Waals surface area (Å²) in [6, 6.07) is 7.04. The molecule has 1 unspecified atom stereocenters. The minimum Gasteiger partial charge on any atom is -0.380 e.